The monoisotopic (exact) mass is 432 g/mol. The van der Waals surface area contributed by atoms with E-state index in [2.05, 4.69) is 30.5 Å². The third-order valence-corrected chi connectivity index (χ3v) is 3.92. The lowest BCUT2D eigenvalue weighted by Gasteiger charge is -2.11. The van der Waals surface area contributed by atoms with Crippen LogP contribution in [0.3, 0.4) is 0 Å². The van der Waals surface area contributed by atoms with E-state index in [-0.39, 0.29) is 5.11 Å². The third kappa shape index (κ3) is 5.17. The van der Waals surface area contributed by atoms with E-state index in [0.29, 0.717) is 18.3 Å². The molecular weight excluding hydrogens is 415 g/mol. The minimum Gasteiger partial charge on any atom is -0.497 e. The molecule has 1 aromatic carbocycles. The lowest BCUT2D eigenvalue weighted by Crippen LogP contribution is -2.31. The lowest BCUT2D eigenvalue weighted by atomic mass is 10.2. The number of anilines is 1. The van der Waals surface area contributed by atoms with Crippen LogP contribution < -0.4 is 20.2 Å². The van der Waals surface area contributed by atoms with E-state index in [4.69, 9.17) is 21.7 Å². The average molecular weight is 432 g/mol. The summed E-state index contributed by atoms with van der Waals surface area (Å²) in [6.07, 6.45) is 3.68. The highest BCUT2D eigenvalue weighted by Crippen LogP contribution is 2.14. The number of carbonyl (C=O) groups excluding carboxylic acids is 1. The molecule has 0 aliphatic rings. The molecule has 2 heterocycles. The van der Waals surface area contributed by atoms with E-state index in [1.165, 1.54) is 12.4 Å². The van der Waals surface area contributed by atoms with Crippen molar-refractivity contribution in [1.29, 1.82) is 0 Å². The molecule has 0 radical (unpaired) electrons. The van der Waals surface area contributed by atoms with Crippen LogP contribution in [0.25, 0.3) is 0 Å². The number of esters is 1. The van der Waals surface area contributed by atoms with Crippen molar-refractivity contribution in [3.8, 4) is 11.6 Å². The van der Waals surface area contributed by atoms with E-state index in [0.717, 1.165) is 29.4 Å². The van der Waals surface area contributed by atoms with Crippen LogP contribution in [0.1, 0.15) is 16.1 Å². The maximum absolute atomic E-state index is 13.7. The fraction of sp³-hybridized carbons (Fsp3) is 0.167. The van der Waals surface area contributed by atoms with Crippen LogP contribution in [0, 0.1) is 5.82 Å². The van der Waals surface area contributed by atoms with Gasteiger partial charge in [-0.3, -0.25) is 5.43 Å². The first kappa shape index (κ1) is 20.9. The van der Waals surface area contributed by atoms with E-state index in [1.807, 2.05) is 24.3 Å². The number of methoxy groups -OCH3 is 2. The Balaban J connectivity index is 1.55. The van der Waals surface area contributed by atoms with Crippen LogP contribution in [0.2, 0.25) is 0 Å². The minimum absolute atomic E-state index is 0.00412. The predicted molar refractivity (Wildman–Crippen MR) is 108 cm³/mol. The molecule has 0 aliphatic carbocycles. The molecule has 0 atom stereocenters. The molecule has 3 aromatic rings. The number of benzene rings is 1. The van der Waals surface area contributed by atoms with Crippen molar-refractivity contribution in [2.45, 2.75) is 6.61 Å². The highest BCUT2D eigenvalue weighted by atomic mass is 32.1. The molecule has 0 unspecified atom stereocenters. The van der Waals surface area contributed by atoms with E-state index in [9.17, 15) is 9.18 Å². The second kappa shape index (κ2) is 9.60. The molecule has 0 aliphatic heterocycles. The Morgan fingerprint density at radius 3 is 2.57 bits per heavy atom. The normalized spacial score (nSPS) is 10.2. The van der Waals surface area contributed by atoms with E-state index in [1.54, 1.807) is 7.11 Å². The minimum atomic E-state index is -0.904. The number of aromatic nitrogens is 4. The SMILES string of the molecule is COC(=O)c1c(F)cnn1NC(=S)Nc1cnc(OCc2ccc(OC)cc2)cn1. The molecule has 0 fully saturated rings. The summed E-state index contributed by atoms with van der Waals surface area (Å²) < 4.78 is 28.9. The molecule has 0 saturated carbocycles. The van der Waals surface area contributed by atoms with Crippen molar-refractivity contribution in [3.63, 3.8) is 0 Å². The Morgan fingerprint density at radius 1 is 1.17 bits per heavy atom. The first-order valence-electron chi connectivity index (χ1n) is 8.47. The van der Waals surface area contributed by atoms with Crippen LogP contribution in [-0.2, 0) is 11.3 Å². The van der Waals surface area contributed by atoms with Crippen LogP contribution >= 0.6 is 12.2 Å². The lowest BCUT2D eigenvalue weighted by molar-refractivity contribution is 0.0584. The van der Waals surface area contributed by atoms with Gasteiger partial charge in [-0.05, 0) is 29.9 Å². The highest BCUT2D eigenvalue weighted by Gasteiger charge is 2.20. The number of halogens is 1. The highest BCUT2D eigenvalue weighted by molar-refractivity contribution is 7.80. The second-order valence-corrected chi connectivity index (χ2v) is 6.10. The smallest absolute Gasteiger partial charge is 0.361 e. The van der Waals surface area contributed by atoms with Gasteiger partial charge in [0.05, 0.1) is 32.8 Å². The first-order valence-corrected chi connectivity index (χ1v) is 8.88. The van der Waals surface area contributed by atoms with Gasteiger partial charge in [-0.2, -0.15) is 9.89 Å². The Kier molecular flexibility index (Phi) is 6.70. The zero-order valence-corrected chi connectivity index (χ0v) is 16.8. The van der Waals surface area contributed by atoms with Crippen molar-refractivity contribution in [2.75, 3.05) is 25.0 Å². The topological polar surface area (TPSA) is 112 Å². The van der Waals surface area contributed by atoms with Gasteiger partial charge in [0.15, 0.2) is 16.7 Å². The van der Waals surface area contributed by atoms with Crippen molar-refractivity contribution in [2.24, 2.45) is 0 Å². The average Bonchev–Trinajstić information content (AvgIpc) is 3.12. The number of hydrogen-bond donors (Lipinski definition) is 2. The molecule has 30 heavy (non-hydrogen) atoms. The summed E-state index contributed by atoms with van der Waals surface area (Å²) in [5, 5.41) is 6.43. The van der Waals surface area contributed by atoms with E-state index < -0.39 is 17.5 Å². The maximum Gasteiger partial charge on any atom is 0.361 e. The summed E-state index contributed by atoms with van der Waals surface area (Å²) >= 11 is 5.11. The maximum atomic E-state index is 13.7. The summed E-state index contributed by atoms with van der Waals surface area (Å²) in [6.45, 7) is 0.312. The van der Waals surface area contributed by atoms with Gasteiger partial charge in [-0.15, -0.1) is 0 Å². The third-order valence-electron chi connectivity index (χ3n) is 3.73. The van der Waals surface area contributed by atoms with Crippen LogP contribution in [0.15, 0.2) is 42.9 Å². The molecular formula is C18H17FN6O4S. The van der Waals surface area contributed by atoms with Gasteiger partial charge < -0.3 is 19.5 Å². The number of rotatable bonds is 7. The zero-order valence-electron chi connectivity index (χ0n) is 16.0. The van der Waals surface area contributed by atoms with Crippen molar-refractivity contribution in [3.05, 3.63) is 59.9 Å². The largest absolute Gasteiger partial charge is 0.497 e. The molecule has 0 amide bonds. The number of nitrogens with zero attached hydrogens (tertiary/aromatic N) is 4. The summed E-state index contributed by atoms with van der Waals surface area (Å²) in [7, 11) is 2.73. The van der Waals surface area contributed by atoms with Gasteiger partial charge in [0.1, 0.15) is 12.4 Å². The number of ether oxygens (including phenoxy) is 3. The predicted octanol–water partition coefficient (Wildman–Crippen LogP) is 2.13. The molecule has 156 valence electrons. The van der Waals surface area contributed by atoms with Crippen LogP contribution in [0.5, 0.6) is 11.6 Å². The fourth-order valence-corrected chi connectivity index (χ4v) is 2.46. The van der Waals surface area contributed by atoms with Gasteiger partial charge in [0.25, 0.3) is 0 Å². The number of hydrogen-bond acceptors (Lipinski definition) is 8. The van der Waals surface area contributed by atoms with Crippen LogP contribution in [-0.4, -0.2) is 45.2 Å². The van der Waals surface area contributed by atoms with Gasteiger partial charge in [0.2, 0.25) is 11.6 Å². The second-order valence-electron chi connectivity index (χ2n) is 5.69. The Hall–Kier alpha value is -3.80. The van der Waals surface area contributed by atoms with Crippen molar-refractivity contribution >= 4 is 29.1 Å². The molecule has 3 rings (SSSR count). The Bertz CT molecular complexity index is 1030. The van der Waals surface area contributed by atoms with Gasteiger partial charge >= 0.3 is 5.97 Å². The molecule has 0 bridgehead atoms. The number of thiocarbonyl (C=S) groups is 1. The quantitative estimate of drug-likeness (QED) is 0.425. The summed E-state index contributed by atoms with van der Waals surface area (Å²) in [5.41, 5.74) is 3.06. The van der Waals surface area contributed by atoms with Gasteiger partial charge in [-0.25, -0.2) is 19.2 Å². The molecule has 0 saturated heterocycles. The molecule has 2 aromatic heterocycles. The van der Waals surface area contributed by atoms with Gasteiger partial charge in [-0.1, -0.05) is 12.1 Å². The first-order chi connectivity index (χ1) is 14.5. The Labute approximate surface area is 176 Å². The standard InChI is InChI=1S/C18H17FN6O4S/c1-27-12-5-3-11(4-6-12)10-29-15-9-20-14(8-21-15)23-18(30)24-25-16(17(26)28-2)13(19)7-22-25/h3-9H,10H2,1-2H3,(H2,20,23,24,30). The van der Waals surface area contributed by atoms with Crippen molar-refractivity contribution < 1.29 is 23.4 Å². The molecule has 2 N–H and O–H groups in total. The molecule has 12 heteroatoms. The number of carbonyl (C=O) groups is 1. The van der Waals surface area contributed by atoms with Crippen LogP contribution in [0.4, 0.5) is 10.2 Å². The summed E-state index contributed by atoms with van der Waals surface area (Å²) in [4.78, 5) is 20.8. The van der Waals surface area contributed by atoms with Gasteiger partial charge in [0, 0.05) is 0 Å². The van der Waals surface area contributed by atoms with E-state index >= 15 is 0 Å². The fourth-order valence-electron chi connectivity index (χ4n) is 2.27. The number of nitrogens with one attached hydrogen (secondary N) is 2. The molecule has 0 spiro atoms. The zero-order chi connectivity index (χ0) is 21.5. The molecule has 10 nitrogen and oxygen atoms in total. The Morgan fingerprint density at radius 2 is 1.93 bits per heavy atom. The van der Waals surface area contributed by atoms with Crippen molar-refractivity contribution in [1.82, 2.24) is 19.9 Å². The summed E-state index contributed by atoms with van der Waals surface area (Å²) in [6, 6.07) is 7.44. The summed E-state index contributed by atoms with van der Waals surface area (Å²) in [5.74, 6) is -0.377.